The van der Waals surface area contributed by atoms with Crippen molar-refractivity contribution in [2.24, 2.45) is 0 Å². The number of aromatic nitrogens is 2. The van der Waals surface area contributed by atoms with Gasteiger partial charge in [0.2, 0.25) is 0 Å². The Labute approximate surface area is 240 Å². The Morgan fingerprint density at radius 3 is 2.44 bits per heavy atom. The molecule has 1 saturated heterocycles. The van der Waals surface area contributed by atoms with Gasteiger partial charge >= 0.3 is 0 Å². The second-order valence-corrected chi connectivity index (χ2v) is 10.8. The number of para-hydroxylation sites is 1. The van der Waals surface area contributed by atoms with Crippen molar-refractivity contribution >= 4 is 33.5 Å². The standard InChI is InChI=1S/C34H36N4O3/c1-3-18-38-30-7-5-4-6-28(30)29-21-31(35-32(33(29)38)24-12-14-27(41-2)15-13-24)36-34(40)25-10-8-23(9-11-25)22-37-19-16-26(39)17-20-37/h4-15,21,26,39H,3,16-20,22H2,1-2H3,(H,35,36,40). The van der Waals surface area contributed by atoms with Crippen LogP contribution >= 0.6 is 0 Å². The molecule has 0 bridgehead atoms. The third-order valence-electron chi connectivity index (χ3n) is 7.98. The first-order chi connectivity index (χ1) is 20.0. The van der Waals surface area contributed by atoms with Crippen molar-refractivity contribution in [2.45, 2.75) is 45.4 Å². The monoisotopic (exact) mass is 548 g/mol. The SMILES string of the molecule is CCCn1c2ccccc2c2cc(NC(=O)c3ccc(CN4CCC(O)CC4)cc3)nc(-c3ccc(OC)cc3)c21. The molecule has 1 fully saturated rings. The molecule has 210 valence electrons. The van der Waals surface area contributed by atoms with Gasteiger partial charge in [0.1, 0.15) is 11.6 Å². The largest absolute Gasteiger partial charge is 0.497 e. The zero-order valence-electron chi connectivity index (χ0n) is 23.6. The fourth-order valence-electron chi connectivity index (χ4n) is 5.83. The molecule has 3 heterocycles. The summed E-state index contributed by atoms with van der Waals surface area (Å²) >= 11 is 0. The van der Waals surface area contributed by atoms with Gasteiger partial charge in [0.15, 0.2) is 0 Å². The number of anilines is 1. The maximum atomic E-state index is 13.4. The normalized spacial score (nSPS) is 14.5. The van der Waals surface area contributed by atoms with Crippen LogP contribution in [0.4, 0.5) is 5.82 Å². The van der Waals surface area contributed by atoms with Crippen LogP contribution in [0.2, 0.25) is 0 Å². The second kappa shape index (κ2) is 11.7. The lowest BCUT2D eigenvalue weighted by Gasteiger charge is -2.29. The lowest BCUT2D eigenvalue weighted by atomic mass is 10.1. The minimum absolute atomic E-state index is 0.182. The molecule has 0 radical (unpaired) electrons. The van der Waals surface area contributed by atoms with Crippen LogP contribution in [0.5, 0.6) is 5.75 Å². The third kappa shape index (κ3) is 5.56. The Morgan fingerprint density at radius 1 is 1.00 bits per heavy atom. The van der Waals surface area contributed by atoms with Gasteiger partial charge in [-0.05, 0) is 73.4 Å². The van der Waals surface area contributed by atoms with E-state index in [2.05, 4.69) is 46.0 Å². The number of aryl methyl sites for hydroxylation is 1. The third-order valence-corrected chi connectivity index (χ3v) is 7.98. The summed E-state index contributed by atoms with van der Waals surface area (Å²) < 4.78 is 7.73. The molecule has 3 aromatic carbocycles. The maximum Gasteiger partial charge on any atom is 0.256 e. The van der Waals surface area contributed by atoms with Crippen LogP contribution in [0.15, 0.2) is 78.9 Å². The zero-order chi connectivity index (χ0) is 28.3. The highest BCUT2D eigenvalue weighted by Gasteiger charge is 2.20. The van der Waals surface area contributed by atoms with E-state index in [0.717, 1.165) is 89.8 Å². The van der Waals surface area contributed by atoms with Crippen molar-refractivity contribution < 1.29 is 14.6 Å². The van der Waals surface area contributed by atoms with E-state index in [1.807, 2.05) is 54.6 Å². The summed E-state index contributed by atoms with van der Waals surface area (Å²) in [7, 11) is 1.66. The van der Waals surface area contributed by atoms with E-state index < -0.39 is 0 Å². The number of hydrogen-bond donors (Lipinski definition) is 2. The number of piperidine rings is 1. The topological polar surface area (TPSA) is 79.6 Å². The summed E-state index contributed by atoms with van der Waals surface area (Å²) in [6.45, 7) is 5.65. The molecule has 5 aromatic rings. The molecule has 2 aromatic heterocycles. The van der Waals surface area contributed by atoms with Crippen LogP contribution in [0.25, 0.3) is 33.1 Å². The molecule has 41 heavy (non-hydrogen) atoms. The van der Waals surface area contributed by atoms with Gasteiger partial charge in [-0.2, -0.15) is 0 Å². The molecular weight excluding hydrogens is 512 g/mol. The minimum Gasteiger partial charge on any atom is -0.497 e. The van der Waals surface area contributed by atoms with Crippen molar-refractivity contribution in [3.05, 3.63) is 90.0 Å². The van der Waals surface area contributed by atoms with Crippen molar-refractivity contribution in [1.82, 2.24) is 14.5 Å². The second-order valence-electron chi connectivity index (χ2n) is 10.8. The van der Waals surface area contributed by atoms with E-state index in [1.54, 1.807) is 7.11 Å². The molecule has 0 saturated carbocycles. The number of likely N-dealkylation sites (tertiary alicyclic amines) is 1. The molecule has 0 atom stereocenters. The number of nitrogens with one attached hydrogen (secondary N) is 1. The van der Waals surface area contributed by atoms with Crippen LogP contribution in [0.1, 0.15) is 42.1 Å². The van der Waals surface area contributed by atoms with E-state index in [9.17, 15) is 9.90 Å². The van der Waals surface area contributed by atoms with Crippen LogP contribution in [0.3, 0.4) is 0 Å². The Bertz CT molecular complexity index is 1670. The number of hydrogen-bond acceptors (Lipinski definition) is 5. The number of methoxy groups -OCH3 is 1. The van der Waals surface area contributed by atoms with Gasteiger partial charge in [0, 0.05) is 53.6 Å². The summed E-state index contributed by atoms with van der Waals surface area (Å²) in [6, 6.07) is 26.1. The molecular formula is C34H36N4O3. The average molecular weight is 549 g/mol. The first kappa shape index (κ1) is 27.0. The van der Waals surface area contributed by atoms with E-state index in [1.165, 1.54) is 0 Å². The highest BCUT2D eigenvalue weighted by molar-refractivity contribution is 6.14. The van der Waals surface area contributed by atoms with E-state index in [-0.39, 0.29) is 12.0 Å². The average Bonchev–Trinajstić information content (AvgIpc) is 3.32. The number of benzene rings is 3. The first-order valence-corrected chi connectivity index (χ1v) is 14.4. The van der Waals surface area contributed by atoms with Crippen molar-refractivity contribution in [2.75, 3.05) is 25.5 Å². The minimum atomic E-state index is -0.192. The van der Waals surface area contributed by atoms with Gasteiger partial charge < -0.3 is 19.7 Å². The highest BCUT2D eigenvalue weighted by Crippen LogP contribution is 2.37. The van der Waals surface area contributed by atoms with Gasteiger partial charge in [-0.3, -0.25) is 9.69 Å². The Morgan fingerprint density at radius 2 is 1.73 bits per heavy atom. The van der Waals surface area contributed by atoms with Gasteiger partial charge in [-0.1, -0.05) is 37.3 Å². The Kier molecular flexibility index (Phi) is 7.72. The molecule has 0 spiro atoms. The molecule has 0 aliphatic carbocycles. The number of aliphatic hydroxyl groups is 1. The lowest BCUT2D eigenvalue weighted by molar-refractivity contribution is 0.0792. The number of carbonyl (C=O) groups excluding carboxylic acids is 1. The number of amides is 1. The molecule has 1 aliphatic rings. The molecule has 6 rings (SSSR count). The molecule has 1 aliphatic heterocycles. The van der Waals surface area contributed by atoms with E-state index in [0.29, 0.717) is 11.4 Å². The molecule has 2 N–H and O–H groups in total. The summed E-state index contributed by atoms with van der Waals surface area (Å²) in [5.74, 6) is 1.11. The van der Waals surface area contributed by atoms with Crippen molar-refractivity contribution in [3.8, 4) is 17.0 Å². The molecule has 7 heteroatoms. The molecule has 0 unspecified atom stereocenters. The van der Waals surface area contributed by atoms with Gasteiger partial charge in [0.05, 0.1) is 24.4 Å². The summed E-state index contributed by atoms with van der Waals surface area (Å²) in [6.07, 6.45) is 2.43. The van der Waals surface area contributed by atoms with Gasteiger partial charge in [0.25, 0.3) is 5.91 Å². The first-order valence-electron chi connectivity index (χ1n) is 14.4. The van der Waals surface area contributed by atoms with Crippen LogP contribution in [-0.4, -0.2) is 51.8 Å². The Balaban J connectivity index is 1.34. The van der Waals surface area contributed by atoms with Gasteiger partial charge in [-0.25, -0.2) is 4.98 Å². The van der Waals surface area contributed by atoms with E-state index >= 15 is 0 Å². The maximum absolute atomic E-state index is 13.4. The van der Waals surface area contributed by atoms with Crippen LogP contribution in [-0.2, 0) is 13.1 Å². The number of carbonyl (C=O) groups is 1. The number of nitrogens with zero attached hydrogens (tertiary/aromatic N) is 3. The fourth-order valence-corrected chi connectivity index (χ4v) is 5.83. The Hall–Kier alpha value is -4.20. The van der Waals surface area contributed by atoms with Crippen LogP contribution < -0.4 is 10.1 Å². The lowest BCUT2D eigenvalue weighted by Crippen LogP contribution is -2.35. The van der Waals surface area contributed by atoms with E-state index in [4.69, 9.17) is 9.72 Å². The predicted octanol–water partition coefficient (Wildman–Crippen LogP) is 6.48. The zero-order valence-corrected chi connectivity index (χ0v) is 23.6. The highest BCUT2D eigenvalue weighted by atomic mass is 16.5. The van der Waals surface area contributed by atoms with Crippen molar-refractivity contribution in [1.29, 1.82) is 0 Å². The fraction of sp³-hybridized carbons (Fsp3) is 0.294. The van der Waals surface area contributed by atoms with Crippen molar-refractivity contribution in [3.63, 3.8) is 0 Å². The van der Waals surface area contributed by atoms with Gasteiger partial charge in [-0.15, -0.1) is 0 Å². The summed E-state index contributed by atoms with van der Waals surface area (Å²) in [4.78, 5) is 20.7. The number of pyridine rings is 1. The quantitative estimate of drug-likeness (QED) is 0.232. The predicted molar refractivity (Wildman–Crippen MR) is 164 cm³/mol. The molecule has 1 amide bonds. The smallest absolute Gasteiger partial charge is 0.256 e. The summed E-state index contributed by atoms with van der Waals surface area (Å²) in [5.41, 5.74) is 5.75. The number of rotatable bonds is 8. The number of fused-ring (bicyclic) bond motifs is 3. The molecule has 7 nitrogen and oxygen atoms in total. The summed E-state index contributed by atoms with van der Waals surface area (Å²) in [5, 5.41) is 15.0. The number of ether oxygens (including phenoxy) is 1. The number of aliphatic hydroxyl groups excluding tert-OH is 1. The van der Waals surface area contributed by atoms with Crippen LogP contribution in [0, 0.1) is 0 Å².